The van der Waals surface area contributed by atoms with Gasteiger partial charge in [0, 0.05) is 27.5 Å². The van der Waals surface area contributed by atoms with Crippen molar-refractivity contribution in [2.45, 2.75) is 0 Å². The van der Waals surface area contributed by atoms with Gasteiger partial charge in [-0.1, -0.05) is 140 Å². The van der Waals surface area contributed by atoms with Gasteiger partial charge in [-0.3, -0.25) is 0 Å². The zero-order valence-corrected chi connectivity index (χ0v) is 28.7. The van der Waals surface area contributed by atoms with Gasteiger partial charge in [0.05, 0.1) is 5.69 Å². The van der Waals surface area contributed by atoms with Gasteiger partial charge in [0.15, 0.2) is 0 Å². The first-order valence-electron chi connectivity index (χ1n) is 17.9. The third-order valence-electron chi connectivity index (χ3n) is 10.3. The molecule has 0 aliphatic carbocycles. The molecule has 0 bridgehead atoms. The summed E-state index contributed by atoms with van der Waals surface area (Å²) < 4.78 is 20.2. The van der Waals surface area contributed by atoms with E-state index in [0.29, 0.717) is 0 Å². The lowest BCUT2D eigenvalue weighted by atomic mass is 9.91. The van der Waals surface area contributed by atoms with Gasteiger partial charge in [-0.15, -0.1) is 0 Å². The molecule has 0 spiro atoms. The van der Waals surface area contributed by atoms with Crippen LogP contribution in [0.5, 0.6) is 0 Å². The predicted molar refractivity (Wildman–Crippen MR) is 220 cm³/mol. The Morgan fingerprint density at radius 2 is 0.906 bits per heavy atom. The number of furan rings is 1. The van der Waals surface area contributed by atoms with Crippen molar-refractivity contribution in [1.29, 1.82) is 0 Å². The molecule has 2 nitrogen and oxygen atoms in total. The van der Waals surface area contributed by atoms with Crippen molar-refractivity contribution in [3.05, 3.63) is 200 Å². The smallest absolute Gasteiger partial charge is 0.135 e. The maximum absolute atomic E-state index is 13.9. The van der Waals surface area contributed by atoms with E-state index in [4.69, 9.17) is 4.42 Å². The van der Waals surface area contributed by atoms with Crippen molar-refractivity contribution in [1.82, 2.24) is 0 Å². The van der Waals surface area contributed by atoms with E-state index in [1.807, 2.05) is 24.3 Å². The van der Waals surface area contributed by atoms with Gasteiger partial charge < -0.3 is 9.32 Å². The molecule has 3 heteroatoms. The molecule has 0 saturated carbocycles. The first-order valence-corrected chi connectivity index (χ1v) is 17.9. The molecule has 0 unspecified atom stereocenters. The Labute approximate surface area is 306 Å². The van der Waals surface area contributed by atoms with Crippen LogP contribution in [0.4, 0.5) is 21.5 Å². The van der Waals surface area contributed by atoms with E-state index in [1.165, 1.54) is 34.0 Å². The van der Waals surface area contributed by atoms with E-state index in [2.05, 4.69) is 163 Å². The van der Waals surface area contributed by atoms with E-state index >= 15 is 0 Å². The Morgan fingerprint density at radius 3 is 1.60 bits per heavy atom. The van der Waals surface area contributed by atoms with Crippen molar-refractivity contribution in [3.63, 3.8) is 0 Å². The van der Waals surface area contributed by atoms with Crippen LogP contribution in [0.25, 0.3) is 76.9 Å². The van der Waals surface area contributed by atoms with Gasteiger partial charge in [-0.25, -0.2) is 4.39 Å². The molecule has 0 aliphatic heterocycles. The topological polar surface area (TPSA) is 16.4 Å². The van der Waals surface area contributed by atoms with Crippen LogP contribution in [0.3, 0.4) is 0 Å². The van der Waals surface area contributed by atoms with Gasteiger partial charge >= 0.3 is 0 Å². The number of hydrogen-bond donors (Lipinski definition) is 0. The number of benzene rings is 9. The van der Waals surface area contributed by atoms with Crippen molar-refractivity contribution in [3.8, 4) is 33.4 Å². The molecule has 0 aliphatic rings. The maximum atomic E-state index is 13.9. The standard InChI is InChI=1S/C50H32FNO/c51-38-26-22-34(23-27-38)41-17-6-12-36-13-7-18-42(49(36)41)35-24-28-39(29-25-35)52(40-30-31-48-45(32-40)44-16-4-5-21-47(44)53-48)46-20-9-15-37-14-8-19-43(50(37)46)33-10-2-1-3-11-33/h1-32H. The predicted octanol–water partition coefficient (Wildman–Crippen LogP) is 14.5. The molecule has 10 aromatic rings. The first kappa shape index (κ1) is 30.8. The lowest BCUT2D eigenvalue weighted by Gasteiger charge is -2.28. The second-order valence-corrected chi connectivity index (χ2v) is 13.4. The highest BCUT2D eigenvalue weighted by Crippen LogP contribution is 2.45. The highest BCUT2D eigenvalue weighted by molar-refractivity contribution is 6.11. The number of nitrogens with zero attached hydrogens (tertiary/aromatic N) is 1. The third kappa shape index (κ3) is 5.33. The van der Waals surface area contributed by atoms with E-state index in [9.17, 15) is 4.39 Å². The molecule has 0 N–H and O–H groups in total. The van der Waals surface area contributed by atoms with Crippen molar-refractivity contribution in [2.24, 2.45) is 0 Å². The summed E-state index contributed by atoms with van der Waals surface area (Å²) in [6.45, 7) is 0. The molecule has 250 valence electrons. The number of rotatable bonds is 6. The van der Waals surface area contributed by atoms with Crippen molar-refractivity contribution >= 4 is 60.5 Å². The number of anilines is 3. The SMILES string of the molecule is Fc1ccc(-c2cccc3cccc(-c4ccc(N(c5ccc6oc7ccccc7c6c5)c5cccc6cccc(-c7ccccc7)c56)cc4)c23)cc1. The largest absolute Gasteiger partial charge is 0.456 e. The minimum Gasteiger partial charge on any atom is -0.456 e. The average molecular weight is 682 g/mol. The summed E-state index contributed by atoms with van der Waals surface area (Å²) >= 11 is 0. The van der Waals surface area contributed by atoms with Gasteiger partial charge in [0.2, 0.25) is 0 Å². The van der Waals surface area contributed by atoms with Crippen LogP contribution in [-0.4, -0.2) is 0 Å². The Kier molecular flexibility index (Phi) is 7.36. The summed E-state index contributed by atoms with van der Waals surface area (Å²) in [6, 6.07) is 66.8. The number of halogens is 1. The number of fused-ring (bicyclic) bond motifs is 5. The fourth-order valence-electron chi connectivity index (χ4n) is 7.89. The fourth-order valence-corrected chi connectivity index (χ4v) is 7.89. The number of para-hydroxylation sites is 1. The molecule has 1 heterocycles. The molecule has 0 saturated heterocycles. The molecule has 0 amide bonds. The maximum Gasteiger partial charge on any atom is 0.135 e. The third-order valence-corrected chi connectivity index (χ3v) is 10.3. The molecule has 0 radical (unpaired) electrons. The molecule has 1 aromatic heterocycles. The Morgan fingerprint density at radius 1 is 0.377 bits per heavy atom. The zero-order chi connectivity index (χ0) is 35.3. The molecule has 10 rings (SSSR count). The number of hydrogen-bond acceptors (Lipinski definition) is 2. The van der Waals surface area contributed by atoms with Gasteiger partial charge in [-0.05, 0) is 104 Å². The van der Waals surface area contributed by atoms with Crippen LogP contribution in [0, 0.1) is 5.82 Å². The molecule has 0 fully saturated rings. The molecule has 0 atom stereocenters. The lowest BCUT2D eigenvalue weighted by Crippen LogP contribution is -2.10. The second kappa shape index (κ2) is 12.7. The minimum atomic E-state index is -0.239. The van der Waals surface area contributed by atoms with E-state index in [1.54, 1.807) is 0 Å². The Balaban J connectivity index is 1.18. The lowest BCUT2D eigenvalue weighted by molar-refractivity contribution is 0.628. The van der Waals surface area contributed by atoms with Crippen molar-refractivity contribution < 1.29 is 8.81 Å². The Hall–Kier alpha value is -6.97. The summed E-state index contributed by atoms with van der Waals surface area (Å²) in [5.41, 5.74) is 11.5. The van der Waals surface area contributed by atoms with Crippen LogP contribution in [0.2, 0.25) is 0 Å². The molecular formula is C50H32FNO. The highest BCUT2D eigenvalue weighted by Gasteiger charge is 2.20. The monoisotopic (exact) mass is 681 g/mol. The van der Waals surface area contributed by atoms with Crippen LogP contribution < -0.4 is 4.90 Å². The van der Waals surface area contributed by atoms with Crippen molar-refractivity contribution in [2.75, 3.05) is 4.90 Å². The minimum absolute atomic E-state index is 0.239. The van der Waals surface area contributed by atoms with Gasteiger partial charge in [0.25, 0.3) is 0 Å². The van der Waals surface area contributed by atoms with Crippen LogP contribution in [-0.2, 0) is 0 Å². The van der Waals surface area contributed by atoms with Crippen LogP contribution in [0.15, 0.2) is 199 Å². The van der Waals surface area contributed by atoms with Gasteiger partial charge in [0.1, 0.15) is 17.0 Å². The molecule has 53 heavy (non-hydrogen) atoms. The van der Waals surface area contributed by atoms with Crippen LogP contribution >= 0.6 is 0 Å². The summed E-state index contributed by atoms with van der Waals surface area (Å²) in [7, 11) is 0. The van der Waals surface area contributed by atoms with E-state index in [0.717, 1.165) is 72.0 Å². The first-order chi connectivity index (χ1) is 26.2. The zero-order valence-electron chi connectivity index (χ0n) is 28.7. The van der Waals surface area contributed by atoms with E-state index in [-0.39, 0.29) is 5.82 Å². The average Bonchev–Trinajstić information content (AvgIpc) is 3.59. The second-order valence-electron chi connectivity index (χ2n) is 13.4. The summed E-state index contributed by atoms with van der Waals surface area (Å²) in [6.07, 6.45) is 0. The summed E-state index contributed by atoms with van der Waals surface area (Å²) in [5, 5.41) is 6.80. The Bertz CT molecular complexity index is 2930. The quantitative estimate of drug-likeness (QED) is 0.174. The molecular weight excluding hydrogens is 650 g/mol. The molecule has 9 aromatic carbocycles. The summed E-state index contributed by atoms with van der Waals surface area (Å²) in [5.74, 6) is -0.239. The van der Waals surface area contributed by atoms with Crippen LogP contribution in [0.1, 0.15) is 0 Å². The normalized spacial score (nSPS) is 11.5. The summed E-state index contributed by atoms with van der Waals surface area (Å²) in [4.78, 5) is 2.37. The highest BCUT2D eigenvalue weighted by atomic mass is 19.1. The fraction of sp³-hybridized carbons (Fsp3) is 0. The van der Waals surface area contributed by atoms with E-state index < -0.39 is 0 Å². The van der Waals surface area contributed by atoms with Gasteiger partial charge in [-0.2, -0.15) is 0 Å².